The second-order valence-corrected chi connectivity index (χ2v) is 7.19. The summed E-state index contributed by atoms with van der Waals surface area (Å²) in [7, 11) is 7.90. The van der Waals surface area contributed by atoms with Gasteiger partial charge in [-0.25, -0.2) is 0 Å². The molecule has 2 aromatic carbocycles. The molecule has 0 unspecified atom stereocenters. The molecule has 2 atom stereocenters. The van der Waals surface area contributed by atoms with Crippen molar-refractivity contribution in [1.29, 1.82) is 0 Å². The van der Waals surface area contributed by atoms with Crippen LogP contribution >= 0.6 is 0 Å². The van der Waals surface area contributed by atoms with Gasteiger partial charge in [0.25, 0.3) is 5.91 Å². The van der Waals surface area contributed by atoms with E-state index in [1.165, 1.54) is 14.2 Å². The first-order chi connectivity index (χ1) is 15.0. The molecule has 166 valence electrons. The molecule has 31 heavy (non-hydrogen) atoms. The van der Waals surface area contributed by atoms with Crippen LogP contribution in [0.25, 0.3) is 0 Å². The minimum atomic E-state index is -0.650. The summed E-state index contributed by atoms with van der Waals surface area (Å²) >= 11 is 0. The van der Waals surface area contributed by atoms with Gasteiger partial charge in [0, 0.05) is 26.3 Å². The SMILES string of the molecule is COCCNC(=O)[C@H]1c2cc(OC)c(OC)cc2C(=O)N(C)[C@@H]1c1ccc(OC)cc1. The molecule has 0 bridgehead atoms. The maximum atomic E-state index is 13.3. The summed E-state index contributed by atoms with van der Waals surface area (Å²) in [5.41, 5.74) is 1.83. The van der Waals surface area contributed by atoms with Crippen LogP contribution in [0.1, 0.15) is 33.4 Å². The Morgan fingerprint density at radius 2 is 1.65 bits per heavy atom. The number of hydrogen-bond acceptors (Lipinski definition) is 6. The molecule has 8 nitrogen and oxygen atoms in total. The number of likely N-dealkylation sites (N-methyl/N-ethyl adjacent to an activating group) is 1. The van der Waals surface area contributed by atoms with E-state index < -0.39 is 12.0 Å². The third-order valence-electron chi connectivity index (χ3n) is 5.52. The summed E-state index contributed by atoms with van der Waals surface area (Å²) in [5, 5.41) is 2.92. The highest BCUT2D eigenvalue weighted by Crippen LogP contribution is 2.45. The number of carbonyl (C=O) groups excluding carboxylic acids is 2. The molecule has 1 N–H and O–H groups in total. The molecule has 2 aromatic rings. The number of carbonyl (C=O) groups is 2. The molecule has 1 aliphatic heterocycles. The highest BCUT2D eigenvalue weighted by molar-refractivity contribution is 6.02. The zero-order valence-corrected chi connectivity index (χ0v) is 18.4. The second-order valence-electron chi connectivity index (χ2n) is 7.19. The molecular weight excluding hydrogens is 400 g/mol. The Bertz CT molecular complexity index is 944. The first kappa shape index (κ1) is 22.4. The highest BCUT2D eigenvalue weighted by atomic mass is 16.5. The number of nitrogens with zero attached hydrogens (tertiary/aromatic N) is 1. The van der Waals surface area contributed by atoms with Gasteiger partial charge in [-0.2, -0.15) is 0 Å². The smallest absolute Gasteiger partial charge is 0.254 e. The zero-order valence-electron chi connectivity index (χ0n) is 18.4. The number of rotatable bonds is 8. The summed E-state index contributed by atoms with van der Waals surface area (Å²) in [6, 6.07) is 10.2. The van der Waals surface area contributed by atoms with E-state index in [-0.39, 0.29) is 11.8 Å². The van der Waals surface area contributed by atoms with Gasteiger partial charge < -0.3 is 29.2 Å². The topological polar surface area (TPSA) is 86.3 Å². The van der Waals surface area contributed by atoms with Crippen LogP contribution < -0.4 is 19.5 Å². The minimum Gasteiger partial charge on any atom is -0.497 e. The van der Waals surface area contributed by atoms with Crippen LogP contribution in [0.15, 0.2) is 36.4 Å². The molecule has 1 aliphatic rings. The van der Waals surface area contributed by atoms with Crippen molar-refractivity contribution in [3.8, 4) is 17.2 Å². The van der Waals surface area contributed by atoms with Gasteiger partial charge in [-0.3, -0.25) is 9.59 Å². The normalized spacial score (nSPS) is 17.7. The maximum Gasteiger partial charge on any atom is 0.254 e. The standard InChI is InChI=1S/C23H28N2O6/c1-25-21(14-6-8-15(29-3)9-7-14)20(22(26)24-10-11-28-2)16-12-18(30-4)19(31-5)13-17(16)23(25)27/h6-9,12-13,20-21H,10-11H2,1-5H3,(H,24,26)/t20-,21+/m0/s1. The number of benzene rings is 2. The highest BCUT2D eigenvalue weighted by Gasteiger charge is 2.43. The molecule has 2 amide bonds. The number of amides is 2. The lowest BCUT2D eigenvalue weighted by Gasteiger charge is -2.40. The monoisotopic (exact) mass is 428 g/mol. The van der Waals surface area contributed by atoms with E-state index in [2.05, 4.69) is 5.32 Å². The van der Waals surface area contributed by atoms with Crippen molar-refractivity contribution in [2.75, 3.05) is 48.6 Å². The lowest BCUT2D eigenvalue weighted by molar-refractivity contribution is -0.124. The van der Waals surface area contributed by atoms with E-state index in [0.717, 1.165) is 5.56 Å². The Labute approximate surface area is 182 Å². The lowest BCUT2D eigenvalue weighted by atomic mass is 9.79. The van der Waals surface area contributed by atoms with Gasteiger partial charge in [0.1, 0.15) is 5.75 Å². The van der Waals surface area contributed by atoms with Crippen LogP contribution in [-0.4, -0.2) is 65.4 Å². The van der Waals surface area contributed by atoms with Crippen LogP contribution in [0.5, 0.6) is 17.2 Å². The van der Waals surface area contributed by atoms with Gasteiger partial charge in [0.05, 0.1) is 39.9 Å². The Balaban J connectivity index is 2.15. The van der Waals surface area contributed by atoms with Gasteiger partial charge in [0.2, 0.25) is 5.91 Å². The molecule has 0 aromatic heterocycles. The van der Waals surface area contributed by atoms with Crippen LogP contribution in [-0.2, 0) is 9.53 Å². The zero-order chi connectivity index (χ0) is 22.5. The van der Waals surface area contributed by atoms with Gasteiger partial charge in [-0.15, -0.1) is 0 Å². The average molecular weight is 428 g/mol. The van der Waals surface area contributed by atoms with E-state index in [4.69, 9.17) is 18.9 Å². The molecular formula is C23H28N2O6. The third kappa shape index (κ3) is 4.29. The second kappa shape index (κ2) is 9.70. The summed E-state index contributed by atoms with van der Waals surface area (Å²) < 4.78 is 21.1. The molecule has 3 rings (SSSR count). The fraction of sp³-hybridized carbons (Fsp3) is 0.391. The summed E-state index contributed by atoms with van der Waals surface area (Å²) in [5.74, 6) is 0.541. The Hall–Kier alpha value is -3.26. The third-order valence-corrected chi connectivity index (χ3v) is 5.52. The molecule has 0 fully saturated rings. The molecule has 0 saturated carbocycles. The average Bonchev–Trinajstić information content (AvgIpc) is 2.80. The molecule has 0 saturated heterocycles. The first-order valence-electron chi connectivity index (χ1n) is 9.90. The van der Waals surface area contributed by atoms with Crippen molar-refractivity contribution < 1.29 is 28.5 Å². The van der Waals surface area contributed by atoms with E-state index >= 15 is 0 Å². The largest absolute Gasteiger partial charge is 0.497 e. The number of nitrogens with one attached hydrogen (secondary N) is 1. The van der Waals surface area contributed by atoms with Crippen LogP contribution in [0.3, 0.4) is 0 Å². The summed E-state index contributed by atoms with van der Waals surface area (Å²) in [4.78, 5) is 28.2. The first-order valence-corrected chi connectivity index (χ1v) is 9.90. The van der Waals surface area contributed by atoms with E-state index in [0.29, 0.717) is 41.5 Å². The predicted molar refractivity (Wildman–Crippen MR) is 115 cm³/mol. The van der Waals surface area contributed by atoms with Gasteiger partial charge in [0.15, 0.2) is 11.5 Å². The van der Waals surface area contributed by atoms with Crippen molar-refractivity contribution >= 4 is 11.8 Å². The predicted octanol–water partition coefficient (Wildman–Crippen LogP) is 2.39. The Morgan fingerprint density at radius 1 is 1.00 bits per heavy atom. The van der Waals surface area contributed by atoms with E-state index in [9.17, 15) is 9.59 Å². The Kier molecular flexibility index (Phi) is 7.02. The van der Waals surface area contributed by atoms with Crippen molar-refractivity contribution in [3.63, 3.8) is 0 Å². The van der Waals surface area contributed by atoms with Crippen LogP contribution in [0.4, 0.5) is 0 Å². The van der Waals surface area contributed by atoms with Crippen molar-refractivity contribution in [2.24, 2.45) is 0 Å². The summed E-state index contributed by atoms with van der Waals surface area (Å²) in [6.45, 7) is 0.751. The van der Waals surface area contributed by atoms with Gasteiger partial charge >= 0.3 is 0 Å². The Morgan fingerprint density at radius 3 is 2.23 bits per heavy atom. The number of fused-ring (bicyclic) bond motifs is 1. The fourth-order valence-corrected chi connectivity index (χ4v) is 3.94. The number of ether oxygens (including phenoxy) is 4. The fourth-order valence-electron chi connectivity index (χ4n) is 3.94. The lowest BCUT2D eigenvalue weighted by Crippen LogP contribution is -2.46. The van der Waals surface area contributed by atoms with Crippen LogP contribution in [0.2, 0.25) is 0 Å². The molecule has 0 aliphatic carbocycles. The van der Waals surface area contributed by atoms with Gasteiger partial charge in [-0.1, -0.05) is 12.1 Å². The minimum absolute atomic E-state index is 0.197. The van der Waals surface area contributed by atoms with Crippen molar-refractivity contribution in [1.82, 2.24) is 10.2 Å². The van der Waals surface area contributed by atoms with Gasteiger partial charge in [-0.05, 0) is 35.4 Å². The van der Waals surface area contributed by atoms with E-state index in [1.54, 1.807) is 38.3 Å². The van der Waals surface area contributed by atoms with Crippen molar-refractivity contribution in [2.45, 2.75) is 12.0 Å². The van der Waals surface area contributed by atoms with E-state index in [1.807, 2.05) is 24.3 Å². The van der Waals surface area contributed by atoms with Crippen LogP contribution in [0, 0.1) is 0 Å². The number of hydrogen-bond donors (Lipinski definition) is 1. The molecule has 0 radical (unpaired) electrons. The molecule has 1 heterocycles. The molecule has 8 heteroatoms. The van der Waals surface area contributed by atoms with Crippen molar-refractivity contribution in [3.05, 3.63) is 53.1 Å². The quantitative estimate of drug-likeness (QED) is 0.650. The number of methoxy groups -OCH3 is 4. The maximum absolute atomic E-state index is 13.3. The molecule has 0 spiro atoms. The summed E-state index contributed by atoms with van der Waals surface area (Å²) in [6.07, 6.45) is 0.